The molecule has 0 fully saturated rings. The summed E-state index contributed by atoms with van der Waals surface area (Å²) in [5.74, 6) is 0.482. The van der Waals surface area contributed by atoms with Crippen LogP contribution in [0.15, 0.2) is 0 Å². The zero-order valence-corrected chi connectivity index (χ0v) is 12.3. The zero-order chi connectivity index (χ0) is 14.3. The molecule has 0 aliphatic rings. The molecule has 1 atom stereocenters. The minimum absolute atomic E-state index is 0.156. The number of nitrogens with one attached hydrogen (secondary N) is 1. The molecule has 1 unspecified atom stereocenters. The van der Waals surface area contributed by atoms with Crippen LogP contribution in [-0.4, -0.2) is 23.1 Å². The molecule has 0 amide bonds. The molecule has 4 nitrogen and oxygen atoms in total. The highest BCUT2D eigenvalue weighted by Crippen LogP contribution is 2.23. The molecule has 0 bridgehead atoms. The Morgan fingerprint density at radius 1 is 1.21 bits per heavy atom. The minimum Gasteiger partial charge on any atom is -0.371 e. The van der Waals surface area contributed by atoms with E-state index in [0.717, 1.165) is 19.3 Å². The SMILES string of the molecule is CCCNc1nc(C(CCC)OCC)nc(C)c1F. The van der Waals surface area contributed by atoms with Crippen molar-refractivity contribution >= 4 is 5.82 Å². The fraction of sp³-hybridized carbons (Fsp3) is 0.714. The molecule has 108 valence electrons. The molecule has 19 heavy (non-hydrogen) atoms. The lowest BCUT2D eigenvalue weighted by molar-refractivity contribution is 0.0492. The van der Waals surface area contributed by atoms with Gasteiger partial charge in [0.25, 0.3) is 0 Å². The maximum Gasteiger partial charge on any atom is 0.186 e. The third-order valence-corrected chi connectivity index (χ3v) is 2.78. The van der Waals surface area contributed by atoms with Crippen LogP contribution in [0.25, 0.3) is 0 Å². The van der Waals surface area contributed by atoms with Crippen LogP contribution in [0, 0.1) is 12.7 Å². The van der Waals surface area contributed by atoms with E-state index in [1.165, 1.54) is 0 Å². The first-order valence-electron chi connectivity index (χ1n) is 7.03. The number of anilines is 1. The lowest BCUT2D eigenvalue weighted by Crippen LogP contribution is -2.14. The highest BCUT2D eigenvalue weighted by molar-refractivity contribution is 5.38. The van der Waals surface area contributed by atoms with Crippen LogP contribution < -0.4 is 5.32 Å². The second kappa shape index (κ2) is 8.04. The summed E-state index contributed by atoms with van der Waals surface area (Å²) < 4.78 is 19.6. The topological polar surface area (TPSA) is 47.0 Å². The number of hydrogen-bond donors (Lipinski definition) is 1. The molecule has 1 N–H and O–H groups in total. The first-order chi connectivity index (χ1) is 9.13. The molecule has 0 saturated heterocycles. The Hall–Kier alpha value is -1.23. The number of hydrogen-bond acceptors (Lipinski definition) is 4. The first kappa shape index (κ1) is 15.8. The van der Waals surface area contributed by atoms with Crippen molar-refractivity contribution in [3.8, 4) is 0 Å². The van der Waals surface area contributed by atoms with Gasteiger partial charge in [-0.1, -0.05) is 20.3 Å². The average molecular weight is 269 g/mol. The molecule has 0 aromatic carbocycles. The molecule has 0 aliphatic carbocycles. The molecule has 5 heteroatoms. The number of ether oxygens (including phenoxy) is 1. The van der Waals surface area contributed by atoms with Crippen LogP contribution in [0.5, 0.6) is 0 Å². The predicted molar refractivity (Wildman–Crippen MR) is 74.8 cm³/mol. The third kappa shape index (κ3) is 4.42. The molecular formula is C14H24FN3O. The van der Waals surface area contributed by atoms with E-state index in [1.807, 2.05) is 13.8 Å². The van der Waals surface area contributed by atoms with Crippen molar-refractivity contribution in [3.63, 3.8) is 0 Å². The van der Waals surface area contributed by atoms with Crippen molar-refractivity contribution in [2.75, 3.05) is 18.5 Å². The summed E-state index contributed by atoms with van der Waals surface area (Å²) in [6, 6.07) is 0. The van der Waals surface area contributed by atoms with Gasteiger partial charge in [0.1, 0.15) is 6.10 Å². The summed E-state index contributed by atoms with van der Waals surface area (Å²) in [6.45, 7) is 9.00. The first-order valence-corrected chi connectivity index (χ1v) is 7.03. The van der Waals surface area contributed by atoms with Crippen molar-refractivity contribution in [2.45, 2.75) is 53.1 Å². The van der Waals surface area contributed by atoms with Gasteiger partial charge in [-0.15, -0.1) is 0 Å². The highest BCUT2D eigenvalue weighted by Gasteiger charge is 2.18. The molecule has 1 aromatic rings. The summed E-state index contributed by atoms with van der Waals surface area (Å²) in [4.78, 5) is 8.51. The Morgan fingerprint density at radius 2 is 1.95 bits per heavy atom. The molecule has 1 aromatic heterocycles. The van der Waals surface area contributed by atoms with Crippen LogP contribution in [-0.2, 0) is 4.74 Å². The molecule has 0 spiro atoms. The summed E-state index contributed by atoms with van der Waals surface area (Å²) in [5.41, 5.74) is 0.365. The number of halogens is 1. The van der Waals surface area contributed by atoms with E-state index in [-0.39, 0.29) is 17.7 Å². The molecule has 0 aliphatic heterocycles. The molecule has 1 heterocycles. The van der Waals surface area contributed by atoms with E-state index in [4.69, 9.17) is 4.74 Å². The normalized spacial score (nSPS) is 12.5. The zero-order valence-electron chi connectivity index (χ0n) is 12.3. The van der Waals surface area contributed by atoms with Crippen LogP contribution in [0.3, 0.4) is 0 Å². The summed E-state index contributed by atoms with van der Waals surface area (Å²) in [5, 5.41) is 3.00. The van der Waals surface area contributed by atoms with Crippen molar-refractivity contribution in [1.29, 1.82) is 0 Å². The third-order valence-electron chi connectivity index (χ3n) is 2.78. The Bertz CT molecular complexity index is 393. The van der Waals surface area contributed by atoms with E-state index in [2.05, 4.69) is 22.2 Å². The van der Waals surface area contributed by atoms with Gasteiger partial charge in [-0.25, -0.2) is 14.4 Å². The van der Waals surface area contributed by atoms with E-state index >= 15 is 0 Å². The number of nitrogens with zero attached hydrogens (tertiary/aromatic N) is 2. The van der Waals surface area contributed by atoms with E-state index in [1.54, 1.807) is 6.92 Å². The van der Waals surface area contributed by atoms with Crippen molar-refractivity contribution in [1.82, 2.24) is 9.97 Å². The number of rotatable bonds is 8. The van der Waals surface area contributed by atoms with Gasteiger partial charge < -0.3 is 10.1 Å². The minimum atomic E-state index is -0.371. The largest absolute Gasteiger partial charge is 0.371 e. The van der Waals surface area contributed by atoms with Gasteiger partial charge in [0.05, 0.1) is 5.69 Å². The second-order valence-corrected chi connectivity index (χ2v) is 4.49. The van der Waals surface area contributed by atoms with Crippen LogP contribution in [0.4, 0.5) is 10.2 Å². The summed E-state index contributed by atoms with van der Waals surface area (Å²) in [6.07, 6.45) is 2.58. The van der Waals surface area contributed by atoms with Crippen molar-refractivity contribution < 1.29 is 9.13 Å². The summed E-state index contributed by atoms with van der Waals surface area (Å²) >= 11 is 0. The van der Waals surface area contributed by atoms with Crippen LogP contribution in [0.1, 0.15) is 57.7 Å². The smallest absolute Gasteiger partial charge is 0.186 e. The van der Waals surface area contributed by atoms with E-state index < -0.39 is 0 Å². The van der Waals surface area contributed by atoms with Crippen LogP contribution >= 0.6 is 0 Å². The predicted octanol–water partition coefficient (Wildman–Crippen LogP) is 3.62. The fourth-order valence-electron chi connectivity index (χ4n) is 1.84. The quantitative estimate of drug-likeness (QED) is 0.783. The van der Waals surface area contributed by atoms with Gasteiger partial charge in [0.2, 0.25) is 0 Å². The number of aromatic nitrogens is 2. The Balaban J connectivity index is 3.01. The maximum absolute atomic E-state index is 13.9. The second-order valence-electron chi connectivity index (χ2n) is 4.49. The molecule has 0 radical (unpaired) electrons. The fourth-order valence-corrected chi connectivity index (χ4v) is 1.84. The van der Waals surface area contributed by atoms with Gasteiger partial charge in [-0.3, -0.25) is 0 Å². The lowest BCUT2D eigenvalue weighted by Gasteiger charge is -2.17. The standard InChI is InChI=1S/C14H24FN3O/c1-5-8-11(19-7-3)13-17-10(4)12(15)14(18-13)16-9-6-2/h11H,5-9H2,1-4H3,(H,16,17,18). The molecule has 1 rings (SSSR count). The van der Waals surface area contributed by atoms with Gasteiger partial charge in [-0.05, 0) is 26.7 Å². The Labute approximate surface area is 114 Å². The Morgan fingerprint density at radius 3 is 2.53 bits per heavy atom. The lowest BCUT2D eigenvalue weighted by atomic mass is 10.2. The average Bonchev–Trinajstić information content (AvgIpc) is 2.40. The highest BCUT2D eigenvalue weighted by atomic mass is 19.1. The van der Waals surface area contributed by atoms with Gasteiger partial charge >= 0.3 is 0 Å². The van der Waals surface area contributed by atoms with Crippen molar-refractivity contribution in [2.24, 2.45) is 0 Å². The van der Waals surface area contributed by atoms with E-state index in [0.29, 0.717) is 24.7 Å². The van der Waals surface area contributed by atoms with Crippen molar-refractivity contribution in [3.05, 3.63) is 17.3 Å². The van der Waals surface area contributed by atoms with Gasteiger partial charge in [0, 0.05) is 13.2 Å². The Kier molecular flexibility index (Phi) is 6.70. The number of aryl methyl sites for hydroxylation is 1. The molecular weight excluding hydrogens is 245 g/mol. The van der Waals surface area contributed by atoms with E-state index in [9.17, 15) is 4.39 Å². The van der Waals surface area contributed by atoms with Gasteiger partial charge in [0.15, 0.2) is 17.5 Å². The summed E-state index contributed by atoms with van der Waals surface area (Å²) in [7, 11) is 0. The van der Waals surface area contributed by atoms with Gasteiger partial charge in [-0.2, -0.15) is 0 Å². The monoisotopic (exact) mass is 269 g/mol. The maximum atomic E-state index is 13.9. The molecule has 0 saturated carbocycles. The van der Waals surface area contributed by atoms with Crippen LogP contribution in [0.2, 0.25) is 0 Å².